The molecule has 1 atom stereocenters. The highest BCUT2D eigenvalue weighted by Crippen LogP contribution is 2.22. The van der Waals surface area contributed by atoms with Crippen LogP contribution in [0.3, 0.4) is 0 Å². The molecule has 0 fully saturated rings. The summed E-state index contributed by atoms with van der Waals surface area (Å²) < 4.78 is 29.4. The third kappa shape index (κ3) is 5.01. The quantitative estimate of drug-likeness (QED) is 0.409. The first kappa shape index (κ1) is 23.2. The third-order valence-electron chi connectivity index (χ3n) is 6.00. The molecule has 4 rings (SSSR count). The number of carbonyl (C=O) groups excluding carboxylic acids is 2. The molecule has 6 nitrogen and oxygen atoms in total. The molecular formula is C26H26F2N4O2. The summed E-state index contributed by atoms with van der Waals surface area (Å²) in [5.41, 5.74) is 1.86. The van der Waals surface area contributed by atoms with Gasteiger partial charge in [-0.05, 0) is 42.7 Å². The number of nitrogens with zero attached hydrogens (tertiary/aromatic N) is 2. The molecule has 2 heterocycles. The van der Waals surface area contributed by atoms with E-state index in [-0.39, 0.29) is 29.1 Å². The lowest BCUT2D eigenvalue weighted by Gasteiger charge is -2.28. The minimum atomic E-state index is -0.749. The van der Waals surface area contributed by atoms with E-state index < -0.39 is 11.6 Å². The molecule has 0 saturated heterocycles. The Morgan fingerprint density at radius 1 is 1.09 bits per heavy atom. The van der Waals surface area contributed by atoms with Gasteiger partial charge in [-0.3, -0.25) is 9.59 Å². The van der Waals surface area contributed by atoms with Crippen LogP contribution in [0.5, 0.6) is 0 Å². The number of rotatable bonds is 8. The van der Waals surface area contributed by atoms with Crippen molar-refractivity contribution in [2.45, 2.75) is 18.9 Å². The fourth-order valence-corrected chi connectivity index (χ4v) is 4.10. The molecule has 1 unspecified atom stereocenters. The van der Waals surface area contributed by atoms with Gasteiger partial charge in [0.25, 0.3) is 11.8 Å². The second-order valence-corrected chi connectivity index (χ2v) is 8.34. The van der Waals surface area contributed by atoms with E-state index in [2.05, 4.69) is 10.3 Å². The summed E-state index contributed by atoms with van der Waals surface area (Å²) in [7, 11) is 3.48. The Morgan fingerprint density at radius 3 is 2.56 bits per heavy atom. The van der Waals surface area contributed by atoms with Crippen LogP contribution in [0.15, 0.2) is 66.9 Å². The monoisotopic (exact) mass is 464 g/mol. The van der Waals surface area contributed by atoms with Crippen molar-refractivity contribution in [3.8, 4) is 0 Å². The smallest absolute Gasteiger partial charge is 0.270 e. The van der Waals surface area contributed by atoms with Crippen molar-refractivity contribution in [3.05, 3.63) is 95.4 Å². The van der Waals surface area contributed by atoms with E-state index in [1.807, 2.05) is 30.3 Å². The van der Waals surface area contributed by atoms with Crippen LogP contribution in [0.1, 0.15) is 33.0 Å². The summed E-state index contributed by atoms with van der Waals surface area (Å²) >= 11 is 0. The number of hydrogen-bond donors (Lipinski definition) is 2. The van der Waals surface area contributed by atoms with Crippen molar-refractivity contribution in [3.63, 3.8) is 0 Å². The molecule has 0 bridgehead atoms. The number of nitrogens with one attached hydrogen (secondary N) is 2. The van der Waals surface area contributed by atoms with Crippen LogP contribution < -0.4 is 5.32 Å². The topological polar surface area (TPSA) is 70.1 Å². The van der Waals surface area contributed by atoms with Crippen molar-refractivity contribution >= 4 is 22.7 Å². The first-order chi connectivity index (χ1) is 16.3. The molecule has 4 aromatic rings. The summed E-state index contributed by atoms with van der Waals surface area (Å²) in [6, 6.07) is 16.5. The number of benzene rings is 2. The molecule has 176 valence electrons. The van der Waals surface area contributed by atoms with Crippen molar-refractivity contribution in [1.82, 2.24) is 19.8 Å². The normalized spacial score (nSPS) is 12.0. The van der Waals surface area contributed by atoms with Crippen LogP contribution in [-0.4, -0.2) is 45.9 Å². The van der Waals surface area contributed by atoms with Gasteiger partial charge in [0, 0.05) is 44.3 Å². The number of fused-ring (bicyclic) bond motifs is 1. The molecule has 0 saturated carbocycles. The highest BCUT2D eigenvalue weighted by molar-refractivity contribution is 5.98. The first-order valence-electron chi connectivity index (χ1n) is 11.0. The second kappa shape index (κ2) is 9.91. The van der Waals surface area contributed by atoms with Crippen molar-refractivity contribution in [1.29, 1.82) is 0 Å². The van der Waals surface area contributed by atoms with Crippen molar-refractivity contribution < 1.29 is 18.4 Å². The molecule has 0 spiro atoms. The molecule has 2 aromatic heterocycles. The summed E-state index contributed by atoms with van der Waals surface area (Å²) in [6.07, 6.45) is 2.89. The van der Waals surface area contributed by atoms with Crippen LogP contribution in [-0.2, 0) is 13.5 Å². The largest absolute Gasteiger partial charge is 0.351 e. The van der Waals surface area contributed by atoms with Crippen LogP contribution in [0.25, 0.3) is 10.9 Å². The number of amides is 2. The minimum Gasteiger partial charge on any atom is -0.351 e. The summed E-state index contributed by atoms with van der Waals surface area (Å²) in [4.78, 5) is 30.1. The highest BCUT2D eigenvalue weighted by Gasteiger charge is 2.24. The Morgan fingerprint density at radius 2 is 1.85 bits per heavy atom. The second-order valence-electron chi connectivity index (χ2n) is 8.34. The van der Waals surface area contributed by atoms with E-state index in [1.165, 1.54) is 12.1 Å². The lowest BCUT2D eigenvalue weighted by atomic mass is 10.0. The van der Waals surface area contributed by atoms with Gasteiger partial charge in [-0.1, -0.05) is 30.3 Å². The summed E-state index contributed by atoms with van der Waals surface area (Å²) in [6.45, 7) is 0.367. The third-order valence-corrected chi connectivity index (χ3v) is 6.00. The zero-order valence-electron chi connectivity index (χ0n) is 19.0. The molecule has 0 aliphatic carbocycles. The number of likely N-dealkylation sites (N-methyl/N-ethyl adjacent to an activating group) is 1. The molecule has 0 aliphatic rings. The summed E-state index contributed by atoms with van der Waals surface area (Å²) in [5.74, 6) is -1.98. The molecule has 0 radical (unpaired) electrons. The lowest BCUT2D eigenvalue weighted by Crippen LogP contribution is -2.41. The van der Waals surface area contributed by atoms with E-state index in [0.29, 0.717) is 30.5 Å². The van der Waals surface area contributed by atoms with E-state index in [1.54, 1.807) is 41.9 Å². The number of carbonyl (C=O) groups is 2. The van der Waals surface area contributed by atoms with E-state index in [9.17, 15) is 18.4 Å². The minimum absolute atomic E-state index is 0.0904. The molecule has 2 N–H and O–H groups in total. The average Bonchev–Trinajstić information content (AvgIpc) is 3.44. The number of halogens is 2. The molecular weight excluding hydrogens is 438 g/mol. The van der Waals surface area contributed by atoms with Gasteiger partial charge in [0.05, 0.1) is 5.52 Å². The Balaban J connectivity index is 1.51. The molecule has 34 heavy (non-hydrogen) atoms. The van der Waals surface area contributed by atoms with Gasteiger partial charge >= 0.3 is 0 Å². The molecule has 2 aromatic carbocycles. The van der Waals surface area contributed by atoms with Crippen molar-refractivity contribution in [2.75, 3.05) is 13.6 Å². The Labute approximate surface area is 196 Å². The fourth-order valence-electron chi connectivity index (χ4n) is 4.10. The molecule has 8 heteroatoms. The van der Waals surface area contributed by atoms with Crippen LogP contribution in [0.2, 0.25) is 0 Å². The van der Waals surface area contributed by atoms with Gasteiger partial charge in [-0.15, -0.1) is 0 Å². The maximum Gasteiger partial charge on any atom is 0.270 e. The fraction of sp³-hybridized carbons (Fsp3) is 0.231. The number of H-pyrrole nitrogens is 1. The number of aromatic nitrogens is 2. The summed E-state index contributed by atoms with van der Waals surface area (Å²) in [5, 5.41) is 3.21. The Hall–Kier alpha value is -3.94. The molecule has 2 amide bonds. The van der Waals surface area contributed by atoms with E-state index in [0.717, 1.165) is 11.6 Å². The number of aryl methyl sites for hydroxylation is 1. The predicted octanol–water partition coefficient (Wildman–Crippen LogP) is 4.29. The van der Waals surface area contributed by atoms with Crippen LogP contribution >= 0.6 is 0 Å². The zero-order valence-corrected chi connectivity index (χ0v) is 19.0. The van der Waals surface area contributed by atoms with Gasteiger partial charge in [-0.2, -0.15) is 0 Å². The number of hydrogen-bond acceptors (Lipinski definition) is 2. The van der Waals surface area contributed by atoms with Gasteiger partial charge < -0.3 is 19.8 Å². The first-order valence-corrected chi connectivity index (χ1v) is 11.0. The average molecular weight is 465 g/mol. The highest BCUT2D eigenvalue weighted by atomic mass is 19.1. The zero-order chi connectivity index (χ0) is 24.2. The predicted molar refractivity (Wildman–Crippen MR) is 127 cm³/mol. The van der Waals surface area contributed by atoms with Crippen molar-refractivity contribution in [2.24, 2.45) is 7.05 Å². The molecule has 0 aliphatic heterocycles. The standard InChI is InChI=1S/C26H26F2N4O2/c1-31-12-6-9-23(31)25(33)29-11-10-20(13-17-7-4-3-5-8-17)32(2)26(34)22-15-18-14-19(27)16-21(28)24(18)30-22/h3-9,12,14-16,20,30H,10-11,13H2,1-2H3,(H,29,33). The maximum absolute atomic E-state index is 14.1. The van der Waals surface area contributed by atoms with E-state index in [4.69, 9.17) is 0 Å². The van der Waals surface area contributed by atoms with Gasteiger partial charge in [0.2, 0.25) is 0 Å². The Kier molecular flexibility index (Phi) is 6.77. The van der Waals surface area contributed by atoms with Gasteiger partial charge in [-0.25, -0.2) is 8.78 Å². The van der Waals surface area contributed by atoms with Crippen LogP contribution in [0, 0.1) is 11.6 Å². The SMILES string of the molecule is CN(C(=O)c1cc2cc(F)cc(F)c2[nH]1)C(CCNC(=O)c1cccn1C)Cc1ccccc1. The number of aromatic amines is 1. The van der Waals surface area contributed by atoms with E-state index >= 15 is 0 Å². The van der Waals surface area contributed by atoms with Crippen LogP contribution in [0.4, 0.5) is 8.78 Å². The van der Waals surface area contributed by atoms with Gasteiger partial charge in [0.15, 0.2) is 0 Å². The lowest BCUT2D eigenvalue weighted by molar-refractivity contribution is 0.0718. The Bertz CT molecular complexity index is 1310. The van der Waals surface area contributed by atoms with Gasteiger partial charge in [0.1, 0.15) is 23.0 Å². The maximum atomic E-state index is 14.1.